The minimum atomic E-state index is -0.723. The van der Waals surface area contributed by atoms with E-state index < -0.39 is 36.5 Å². The van der Waals surface area contributed by atoms with Crippen molar-refractivity contribution >= 4 is 23.9 Å². The van der Waals surface area contributed by atoms with E-state index in [9.17, 15) is 19.2 Å². The SMILES string of the molecule is C=C(C)C(=O)OCCOC(=O)c1ccc(CN(CC(=O)OC(C)OCC)CC(=O)OC(C)OCC)cc1. The molecule has 2 atom stereocenters. The number of nitrogens with zero attached hydrogens (tertiary/aromatic N) is 1. The highest BCUT2D eigenvalue weighted by Gasteiger charge is 2.20. The molecule has 0 saturated heterocycles. The molecule has 1 aromatic rings. The lowest BCUT2D eigenvalue weighted by Crippen LogP contribution is -2.37. The second-order valence-electron chi connectivity index (χ2n) is 7.92. The minimum Gasteiger partial charge on any atom is -0.459 e. The van der Waals surface area contributed by atoms with E-state index in [1.807, 2.05) is 0 Å². The Morgan fingerprint density at radius 1 is 0.838 bits per heavy atom. The monoisotopic (exact) mass is 523 g/mol. The molecule has 0 fully saturated rings. The Hall–Kier alpha value is -3.28. The maximum atomic E-state index is 12.4. The number of rotatable bonds is 17. The van der Waals surface area contributed by atoms with Gasteiger partial charge in [0.1, 0.15) is 13.2 Å². The van der Waals surface area contributed by atoms with E-state index in [-0.39, 0.29) is 44.0 Å². The number of benzene rings is 1. The van der Waals surface area contributed by atoms with Gasteiger partial charge in [-0.3, -0.25) is 14.5 Å². The van der Waals surface area contributed by atoms with Crippen molar-refractivity contribution in [3.05, 3.63) is 47.5 Å². The van der Waals surface area contributed by atoms with Crippen LogP contribution in [0.4, 0.5) is 0 Å². The van der Waals surface area contributed by atoms with Crippen molar-refractivity contribution in [3.63, 3.8) is 0 Å². The number of hydrogen-bond acceptors (Lipinski definition) is 11. The highest BCUT2D eigenvalue weighted by atomic mass is 16.7. The highest BCUT2D eigenvalue weighted by molar-refractivity contribution is 5.89. The van der Waals surface area contributed by atoms with Gasteiger partial charge < -0.3 is 28.4 Å². The van der Waals surface area contributed by atoms with Crippen LogP contribution in [0.15, 0.2) is 36.4 Å². The highest BCUT2D eigenvalue weighted by Crippen LogP contribution is 2.10. The minimum absolute atomic E-state index is 0.0828. The molecule has 0 aliphatic heterocycles. The lowest BCUT2D eigenvalue weighted by Gasteiger charge is -2.23. The maximum Gasteiger partial charge on any atom is 0.338 e. The predicted octanol–water partition coefficient (Wildman–Crippen LogP) is 2.62. The molecule has 206 valence electrons. The van der Waals surface area contributed by atoms with Crippen LogP contribution >= 0.6 is 0 Å². The average Bonchev–Trinajstić information content (AvgIpc) is 2.81. The summed E-state index contributed by atoms with van der Waals surface area (Å²) in [5, 5.41) is 0. The van der Waals surface area contributed by atoms with E-state index in [1.165, 1.54) is 6.92 Å². The molecular weight excluding hydrogens is 486 g/mol. The lowest BCUT2D eigenvalue weighted by molar-refractivity contribution is -0.178. The van der Waals surface area contributed by atoms with E-state index in [2.05, 4.69) is 6.58 Å². The molecule has 1 rings (SSSR count). The summed E-state index contributed by atoms with van der Waals surface area (Å²) < 4.78 is 30.8. The molecule has 0 radical (unpaired) electrons. The average molecular weight is 524 g/mol. The molecule has 0 heterocycles. The molecule has 37 heavy (non-hydrogen) atoms. The Labute approximate surface area is 217 Å². The van der Waals surface area contributed by atoms with Gasteiger partial charge in [0.25, 0.3) is 0 Å². The molecule has 0 spiro atoms. The molecule has 0 aliphatic carbocycles. The molecule has 0 saturated carbocycles. The number of hydrogen-bond donors (Lipinski definition) is 0. The zero-order valence-electron chi connectivity index (χ0n) is 22.2. The number of ether oxygens (including phenoxy) is 6. The van der Waals surface area contributed by atoms with Crippen LogP contribution in [0.3, 0.4) is 0 Å². The summed E-state index contributed by atoms with van der Waals surface area (Å²) in [6.45, 7) is 12.2. The van der Waals surface area contributed by atoms with Gasteiger partial charge in [0, 0.05) is 25.3 Å². The van der Waals surface area contributed by atoms with E-state index in [1.54, 1.807) is 56.9 Å². The molecule has 0 amide bonds. The Bertz CT molecular complexity index is 871. The van der Waals surface area contributed by atoms with Crippen LogP contribution in [-0.4, -0.2) is 80.9 Å². The third-order valence-electron chi connectivity index (χ3n) is 4.60. The summed E-state index contributed by atoms with van der Waals surface area (Å²) in [4.78, 5) is 49.8. The van der Waals surface area contributed by atoms with Crippen molar-refractivity contribution in [2.45, 2.75) is 53.7 Å². The summed E-state index contributed by atoms with van der Waals surface area (Å²) in [6.07, 6.45) is -1.45. The first-order valence-electron chi connectivity index (χ1n) is 12.0. The standard InChI is InChI=1S/C26H37NO10/c1-7-32-19(5)36-23(28)16-27(17-24(29)37-20(6)33-8-2)15-21-9-11-22(12-10-21)26(31)35-14-13-34-25(30)18(3)4/h9-12,19-20H,3,7-8,13-17H2,1-2,4-6H3. The second-order valence-corrected chi connectivity index (χ2v) is 7.92. The molecule has 0 aromatic heterocycles. The number of carbonyl (C=O) groups excluding carboxylic acids is 4. The zero-order chi connectivity index (χ0) is 27.8. The van der Waals surface area contributed by atoms with Gasteiger partial charge in [-0.05, 0) is 52.3 Å². The van der Waals surface area contributed by atoms with Gasteiger partial charge in [0.2, 0.25) is 0 Å². The van der Waals surface area contributed by atoms with Crippen molar-refractivity contribution in [1.82, 2.24) is 4.90 Å². The van der Waals surface area contributed by atoms with E-state index in [4.69, 9.17) is 28.4 Å². The summed E-state index contributed by atoms with van der Waals surface area (Å²) in [7, 11) is 0. The molecule has 0 bridgehead atoms. The van der Waals surface area contributed by atoms with E-state index in [0.717, 1.165) is 5.56 Å². The summed E-state index contributed by atoms with van der Waals surface area (Å²) in [6, 6.07) is 6.46. The fraction of sp³-hybridized carbons (Fsp3) is 0.538. The van der Waals surface area contributed by atoms with Gasteiger partial charge in [0.05, 0.1) is 18.7 Å². The summed E-state index contributed by atoms with van der Waals surface area (Å²) in [5.41, 5.74) is 1.27. The van der Waals surface area contributed by atoms with Gasteiger partial charge >= 0.3 is 23.9 Å². The Morgan fingerprint density at radius 3 is 1.78 bits per heavy atom. The topological polar surface area (TPSA) is 127 Å². The van der Waals surface area contributed by atoms with Crippen LogP contribution in [0, 0.1) is 0 Å². The van der Waals surface area contributed by atoms with Crippen LogP contribution in [0.1, 0.15) is 50.5 Å². The fourth-order valence-electron chi connectivity index (χ4n) is 2.99. The van der Waals surface area contributed by atoms with Gasteiger partial charge in [0.15, 0.2) is 12.6 Å². The third kappa shape index (κ3) is 13.6. The van der Waals surface area contributed by atoms with Crippen molar-refractivity contribution in [1.29, 1.82) is 0 Å². The first-order valence-corrected chi connectivity index (χ1v) is 12.0. The first kappa shape index (κ1) is 31.7. The normalized spacial score (nSPS) is 12.4. The van der Waals surface area contributed by atoms with Crippen LogP contribution in [-0.2, 0) is 49.3 Å². The number of carbonyl (C=O) groups is 4. The summed E-state index contributed by atoms with van der Waals surface area (Å²) in [5.74, 6) is -2.28. The molecule has 11 nitrogen and oxygen atoms in total. The van der Waals surface area contributed by atoms with E-state index in [0.29, 0.717) is 13.2 Å². The predicted molar refractivity (Wildman–Crippen MR) is 132 cm³/mol. The third-order valence-corrected chi connectivity index (χ3v) is 4.60. The van der Waals surface area contributed by atoms with Crippen molar-refractivity contribution in [2.75, 3.05) is 39.5 Å². The Balaban J connectivity index is 2.75. The van der Waals surface area contributed by atoms with Crippen molar-refractivity contribution in [3.8, 4) is 0 Å². The van der Waals surface area contributed by atoms with Crippen LogP contribution in [0.2, 0.25) is 0 Å². The smallest absolute Gasteiger partial charge is 0.338 e. The van der Waals surface area contributed by atoms with Crippen LogP contribution in [0.5, 0.6) is 0 Å². The summed E-state index contributed by atoms with van der Waals surface area (Å²) >= 11 is 0. The molecule has 0 N–H and O–H groups in total. The molecular formula is C26H37NO10. The first-order chi connectivity index (χ1) is 17.5. The molecule has 2 unspecified atom stereocenters. The zero-order valence-corrected chi connectivity index (χ0v) is 22.2. The van der Waals surface area contributed by atoms with Crippen molar-refractivity contribution in [2.24, 2.45) is 0 Å². The van der Waals surface area contributed by atoms with E-state index >= 15 is 0 Å². The van der Waals surface area contributed by atoms with Gasteiger partial charge in [-0.15, -0.1) is 0 Å². The molecule has 11 heteroatoms. The van der Waals surface area contributed by atoms with Gasteiger partial charge in [-0.25, -0.2) is 9.59 Å². The molecule has 0 aliphatic rings. The Kier molecular flexibility index (Phi) is 14.8. The van der Waals surface area contributed by atoms with Gasteiger partial charge in [-0.1, -0.05) is 18.7 Å². The quantitative estimate of drug-likeness (QED) is 0.0983. The maximum absolute atomic E-state index is 12.4. The van der Waals surface area contributed by atoms with Gasteiger partial charge in [-0.2, -0.15) is 0 Å². The van der Waals surface area contributed by atoms with Crippen LogP contribution in [0.25, 0.3) is 0 Å². The van der Waals surface area contributed by atoms with Crippen LogP contribution < -0.4 is 0 Å². The molecule has 1 aromatic carbocycles. The number of esters is 4. The lowest BCUT2D eigenvalue weighted by atomic mass is 10.1. The fourth-order valence-corrected chi connectivity index (χ4v) is 2.99. The van der Waals surface area contributed by atoms with Crippen molar-refractivity contribution < 1.29 is 47.6 Å². The largest absolute Gasteiger partial charge is 0.459 e. The Morgan fingerprint density at radius 2 is 1.32 bits per heavy atom. The second kappa shape index (κ2) is 17.2.